The lowest BCUT2D eigenvalue weighted by atomic mass is 9.93. The lowest BCUT2D eigenvalue weighted by molar-refractivity contribution is 0.199. The number of rotatable bonds is 3. The minimum atomic E-state index is 0.524. The molecule has 0 spiro atoms. The number of hydrogen-bond acceptors (Lipinski definition) is 6. The Bertz CT molecular complexity index is 482. The molecule has 0 atom stereocenters. The molecule has 0 amide bonds. The van der Waals surface area contributed by atoms with E-state index < -0.39 is 0 Å². The van der Waals surface area contributed by atoms with E-state index in [4.69, 9.17) is 5.73 Å². The van der Waals surface area contributed by atoms with Crippen molar-refractivity contribution in [3.8, 4) is 0 Å². The smallest absolute Gasteiger partial charge is 0.188 e. The largest absolute Gasteiger partial charge is 0.382 e. The Balaban J connectivity index is 1.55. The lowest BCUT2D eigenvalue weighted by Gasteiger charge is -2.30. The molecule has 96 valence electrons. The van der Waals surface area contributed by atoms with Gasteiger partial charge < -0.3 is 5.73 Å². The molecule has 0 radical (unpaired) electrons. The Kier molecular flexibility index (Phi) is 2.93. The number of aromatic amines is 2. The molecular weight excluding hydrogens is 232 g/mol. The van der Waals surface area contributed by atoms with Crippen LogP contribution in [0.2, 0.25) is 0 Å². The van der Waals surface area contributed by atoms with Crippen molar-refractivity contribution in [3.63, 3.8) is 0 Å². The summed E-state index contributed by atoms with van der Waals surface area (Å²) in [7, 11) is 0. The number of likely N-dealkylation sites (tertiary alicyclic amines) is 1. The summed E-state index contributed by atoms with van der Waals surface area (Å²) < 4.78 is 0. The van der Waals surface area contributed by atoms with Gasteiger partial charge in [-0.25, -0.2) is 0 Å². The number of nitrogens with two attached hydrogens (primary N) is 1. The van der Waals surface area contributed by atoms with Gasteiger partial charge in [0, 0.05) is 17.7 Å². The first-order chi connectivity index (χ1) is 8.81. The molecule has 1 aliphatic rings. The van der Waals surface area contributed by atoms with Crippen molar-refractivity contribution >= 4 is 5.82 Å². The molecule has 18 heavy (non-hydrogen) atoms. The minimum absolute atomic E-state index is 0.524. The van der Waals surface area contributed by atoms with Crippen LogP contribution in [0.1, 0.15) is 30.3 Å². The predicted octanol–water partition coefficient (Wildman–Crippen LogP) is -0.115. The first-order valence-corrected chi connectivity index (χ1v) is 6.07. The van der Waals surface area contributed by atoms with Crippen LogP contribution in [0.4, 0.5) is 5.82 Å². The summed E-state index contributed by atoms with van der Waals surface area (Å²) in [6, 6.07) is 1.93. The molecule has 0 aromatic carbocycles. The SMILES string of the molecule is Nc1cc(C2CCN(Cc3nn[nH]n3)CC2)[nH]n1. The van der Waals surface area contributed by atoms with Crippen LogP contribution in [0.3, 0.4) is 0 Å². The predicted molar refractivity (Wildman–Crippen MR) is 64.4 cm³/mol. The second-order valence-corrected chi connectivity index (χ2v) is 4.63. The van der Waals surface area contributed by atoms with Crippen LogP contribution in [-0.2, 0) is 6.54 Å². The Morgan fingerprint density at radius 1 is 1.33 bits per heavy atom. The Labute approximate surface area is 104 Å². The van der Waals surface area contributed by atoms with Gasteiger partial charge >= 0.3 is 0 Å². The fraction of sp³-hybridized carbons (Fsp3) is 0.600. The van der Waals surface area contributed by atoms with Crippen LogP contribution in [0.15, 0.2) is 6.07 Å². The van der Waals surface area contributed by atoms with Crippen molar-refractivity contribution in [2.75, 3.05) is 18.8 Å². The highest BCUT2D eigenvalue weighted by atomic mass is 15.5. The lowest BCUT2D eigenvalue weighted by Crippen LogP contribution is -2.32. The van der Waals surface area contributed by atoms with Gasteiger partial charge in [-0.2, -0.15) is 10.3 Å². The molecule has 1 saturated heterocycles. The monoisotopic (exact) mass is 248 g/mol. The van der Waals surface area contributed by atoms with Crippen molar-refractivity contribution in [2.45, 2.75) is 25.3 Å². The normalized spacial score (nSPS) is 18.2. The van der Waals surface area contributed by atoms with Gasteiger partial charge in [0.05, 0.1) is 6.54 Å². The molecule has 1 fully saturated rings. The van der Waals surface area contributed by atoms with Crippen LogP contribution in [0, 0.1) is 0 Å². The van der Waals surface area contributed by atoms with Gasteiger partial charge in [0.2, 0.25) is 0 Å². The molecule has 4 N–H and O–H groups in total. The van der Waals surface area contributed by atoms with E-state index in [0.717, 1.165) is 44.0 Å². The van der Waals surface area contributed by atoms with Crippen LogP contribution < -0.4 is 5.73 Å². The summed E-state index contributed by atoms with van der Waals surface area (Å²) in [6.45, 7) is 2.81. The molecule has 3 rings (SSSR count). The van der Waals surface area contributed by atoms with Crippen molar-refractivity contribution in [1.29, 1.82) is 0 Å². The van der Waals surface area contributed by atoms with E-state index in [1.807, 2.05) is 6.07 Å². The number of hydrogen-bond donors (Lipinski definition) is 3. The summed E-state index contributed by atoms with van der Waals surface area (Å²) in [5.74, 6) is 1.84. The number of piperidine rings is 1. The number of aromatic nitrogens is 6. The molecule has 8 heteroatoms. The number of nitrogens with one attached hydrogen (secondary N) is 2. The topological polar surface area (TPSA) is 112 Å². The number of nitrogens with zero attached hydrogens (tertiary/aromatic N) is 5. The van der Waals surface area contributed by atoms with Crippen LogP contribution in [0.25, 0.3) is 0 Å². The number of H-pyrrole nitrogens is 2. The van der Waals surface area contributed by atoms with Crippen molar-refractivity contribution < 1.29 is 0 Å². The standard InChI is InChI=1S/C10H16N8/c11-9-5-8(12-13-9)7-1-3-18(4-2-7)6-10-14-16-17-15-10/h5,7H,1-4,6H2,(H3,11,12,13)(H,14,15,16,17). The summed E-state index contributed by atoms with van der Waals surface area (Å²) in [5.41, 5.74) is 6.77. The van der Waals surface area contributed by atoms with Crippen molar-refractivity contribution in [3.05, 3.63) is 17.6 Å². The molecule has 2 aromatic rings. The highest BCUT2D eigenvalue weighted by molar-refractivity contribution is 5.30. The number of tetrazole rings is 1. The zero-order valence-corrected chi connectivity index (χ0v) is 10.0. The van der Waals surface area contributed by atoms with Gasteiger partial charge in [0.25, 0.3) is 0 Å². The Hall–Kier alpha value is -1.96. The quantitative estimate of drug-likeness (QED) is 0.698. The third-order valence-electron chi connectivity index (χ3n) is 3.40. The Morgan fingerprint density at radius 3 is 2.78 bits per heavy atom. The van der Waals surface area contributed by atoms with Crippen molar-refractivity contribution in [1.82, 2.24) is 35.7 Å². The van der Waals surface area contributed by atoms with Crippen LogP contribution >= 0.6 is 0 Å². The third-order valence-corrected chi connectivity index (χ3v) is 3.40. The van der Waals surface area contributed by atoms with E-state index in [2.05, 4.69) is 35.7 Å². The van der Waals surface area contributed by atoms with Gasteiger partial charge in [0.15, 0.2) is 5.82 Å². The zero-order chi connectivity index (χ0) is 12.4. The first kappa shape index (κ1) is 11.1. The second-order valence-electron chi connectivity index (χ2n) is 4.63. The van der Waals surface area contributed by atoms with E-state index in [1.165, 1.54) is 0 Å². The fourth-order valence-electron chi connectivity index (χ4n) is 2.41. The zero-order valence-electron chi connectivity index (χ0n) is 10.0. The molecular formula is C10H16N8. The summed E-state index contributed by atoms with van der Waals surface area (Å²) in [4.78, 5) is 2.33. The molecule has 0 bridgehead atoms. The number of anilines is 1. The molecule has 0 aliphatic carbocycles. The maximum atomic E-state index is 5.62. The van der Waals surface area contributed by atoms with E-state index >= 15 is 0 Å². The van der Waals surface area contributed by atoms with E-state index in [9.17, 15) is 0 Å². The van der Waals surface area contributed by atoms with Gasteiger partial charge in [-0.05, 0) is 25.9 Å². The van der Waals surface area contributed by atoms with Gasteiger partial charge in [-0.3, -0.25) is 10.00 Å². The van der Waals surface area contributed by atoms with E-state index in [1.54, 1.807) is 0 Å². The summed E-state index contributed by atoms with van der Waals surface area (Å²) >= 11 is 0. The van der Waals surface area contributed by atoms with Gasteiger partial charge in [-0.1, -0.05) is 5.21 Å². The highest BCUT2D eigenvalue weighted by Gasteiger charge is 2.22. The second kappa shape index (κ2) is 4.73. The third kappa shape index (κ3) is 2.33. The van der Waals surface area contributed by atoms with Gasteiger partial charge in [0.1, 0.15) is 5.82 Å². The van der Waals surface area contributed by atoms with E-state index in [0.29, 0.717) is 11.7 Å². The highest BCUT2D eigenvalue weighted by Crippen LogP contribution is 2.27. The van der Waals surface area contributed by atoms with Crippen LogP contribution in [0.5, 0.6) is 0 Å². The molecule has 1 aliphatic heterocycles. The fourth-order valence-corrected chi connectivity index (χ4v) is 2.41. The molecule has 2 aromatic heterocycles. The summed E-state index contributed by atoms with van der Waals surface area (Å²) in [6.07, 6.45) is 2.19. The van der Waals surface area contributed by atoms with Crippen LogP contribution in [-0.4, -0.2) is 48.8 Å². The molecule has 0 unspecified atom stereocenters. The van der Waals surface area contributed by atoms with Crippen molar-refractivity contribution in [2.24, 2.45) is 0 Å². The molecule has 3 heterocycles. The average Bonchev–Trinajstić information content (AvgIpc) is 3.02. The maximum Gasteiger partial charge on any atom is 0.188 e. The molecule has 0 saturated carbocycles. The maximum absolute atomic E-state index is 5.62. The number of nitrogen functional groups attached to an aromatic ring is 1. The molecule has 8 nitrogen and oxygen atoms in total. The Morgan fingerprint density at radius 2 is 2.17 bits per heavy atom. The van der Waals surface area contributed by atoms with E-state index in [-0.39, 0.29) is 0 Å². The first-order valence-electron chi connectivity index (χ1n) is 6.07. The minimum Gasteiger partial charge on any atom is -0.382 e. The average molecular weight is 248 g/mol. The summed E-state index contributed by atoms with van der Waals surface area (Å²) in [5, 5.41) is 21.0. The van der Waals surface area contributed by atoms with Gasteiger partial charge in [-0.15, -0.1) is 10.2 Å².